The molecule has 7 heteroatoms. The topological polar surface area (TPSA) is 59.1 Å². The number of carbonyl (C=O) groups is 2. The minimum absolute atomic E-state index is 0.171. The fourth-order valence-electron chi connectivity index (χ4n) is 3.32. The van der Waals surface area contributed by atoms with Crippen molar-refractivity contribution in [1.29, 1.82) is 0 Å². The van der Waals surface area contributed by atoms with E-state index in [2.05, 4.69) is 15.9 Å². The van der Waals surface area contributed by atoms with Gasteiger partial charge in [-0.05, 0) is 55.4 Å². The minimum Gasteiger partial charge on any atom is -0.493 e. The number of likely N-dealkylation sites (N-methyl/N-ethyl adjacent to an activating group) is 1. The van der Waals surface area contributed by atoms with Crippen molar-refractivity contribution in [3.05, 3.63) is 52.5 Å². The standard InChI is InChI=1S/C21H23BrN2O4/c1-23(11-10-14-4-9-18(27-2)19(12-14)28-3)17-13-20(25)24(21(17)26)16-7-5-15(22)6-8-16/h4-9,12,17H,10-11,13H2,1-3H3. The Balaban J connectivity index is 1.66. The van der Waals surface area contributed by atoms with E-state index in [1.165, 1.54) is 4.90 Å². The number of hydrogen-bond acceptors (Lipinski definition) is 5. The molecule has 0 N–H and O–H groups in total. The Morgan fingerprint density at radius 1 is 1.07 bits per heavy atom. The Bertz CT molecular complexity index is 869. The predicted octanol–water partition coefficient (Wildman–Crippen LogP) is 3.27. The highest BCUT2D eigenvalue weighted by atomic mass is 79.9. The number of hydrogen-bond donors (Lipinski definition) is 0. The second kappa shape index (κ2) is 8.75. The molecule has 0 bridgehead atoms. The van der Waals surface area contributed by atoms with Crippen LogP contribution in [0.2, 0.25) is 0 Å². The molecule has 1 unspecified atom stereocenters. The predicted molar refractivity (Wildman–Crippen MR) is 111 cm³/mol. The largest absolute Gasteiger partial charge is 0.493 e. The molecule has 0 radical (unpaired) electrons. The SMILES string of the molecule is COc1ccc(CCN(C)C2CC(=O)N(c3ccc(Br)cc3)C2=O)cc1OC. The van der Waals surface area contributed by atoms with Gasteiger partial charge in [0.2, 0.25) is 5.91 Å². The molecule has 1 atom stereocenters. The first-order valence-electron chi connectivity index (χ1n) is 8.98. The first kappa shape index (κ1) is 20.4. The maximum absolute atomic E-state index is 12.9. The molecule has 0 aliphatic carbocycles. The number of nitrogens with zero attached hydrogens (tertiary/aromatic N) is 2. The minimum atomic E-state index is -0.448. The van der Waals surface area contributed by atoms with Crippen molar-refractivity contribution < 1.29 is 19.1 Å². The van der Waals surface area contributed by atoms with Crippen LogP contribution in [0.1, 0.15) is 12.0 Å². The summed E-state index contributed by atoms with van der Waals surface area (Å²) in [6, 6.07) is 12.5. The summed E-state index contributed by atoms with van der Waals surface area (Å²) < 4.78 is 11.5. The summed E-state index contributed by atoms with van der Waals surface area (Å²) in [7, 11) is 5.08. The summed E-state index contributed by atoms with van der Waals surface area (Å²) in [6.07, 6.45) is 0.921. The van der Waals surface area contributed by atoms with Crippen LogP contribution in [0.15, 0.2) is 46.9 Å². The maximum atomic E-state index is 12.9. The van der Waals surface area contributed by atoms with Gasteiger partial charge < -0.3 is 9.47 Å². The molecule has 148 valence electrons. The summed E-state index contributed by atoms with van der Waals surface area (Å²) in [5, 5.41) is 0. The van der Waals surface area contributed by atoms with E-state index in [4.69, 9.17) is 9.47 Å². The fraction of sp³-hybridized carbons (Fsp3) is 0.333. The Labute approximate surface area is 173 Å². The lowest BCUT2D eigenvalue weighted by Crippen LogP contribution is -2.40. The normalized spacial score (nSPS) is 16.8. The van der Waals surface area contributed by atoms with Gasteiger partial charge in [-0.25, -0.2) is 4.90 Å². The molecule has 2 amide bonds. The number of imide groups is 1. The first-order valence-corrected chi connectivity index (χ1v) is 9.77. The van der Waals surface area contributed by atoms with E-state index in [0.717, 1.165) is 16.5 Å². The number of methoxy groups -OCH3 is 2. The lowest BCUT2D eigenvalue weighted by molar-refractivity contribution is -0.122. The van der Waals surface area contributed by atoms with Gasteiger partial charge in [-0.2, -0.15) is 0 Å². The highest BCUT2D eigenvalue weighted by Crippen LogP contribution is 2.29. The van der Waals surface area contributed by atoms with E-state index >= 15 is 0 Å². The van der Waals surface area contributed by atoms with Crippen LogP contribution >= 0.6 is 15.9 Å². The number of anilines is 1. The molecule has 0 saturated carbocycles. The first-order chi connectivity index (χ1) is 13.4. The third-order valence-corrected chi connectivity index (χ3v) is 5.47. The van der Waals surface area contributed by atoms with Gasteiger partial charge >= 0.3 is 0 Å². The summed E-state index contributed by atoms with van der Waals surface area (Å²) >= 11 is 3.37. The molecule has 1 aliphatic heterocycles. The zero-order valence-corrected chi connectivity index (χ0v) is 17.7. The van der Waals surface area contributed by atoms with Crippen LogP contribution in [0, 0.1) is 0 Å². The van der Waals surface area contributed by atoms with E-state index in [-0.39, 0.29) is 18.2 Å². The summed E-state index contributed by atoms with van der Waals surface area (Å²) in [5.41, 5.74) is 1.68. The zero-order valence-electron chi connectivity index (χ0n) is 16.1. The molecule has 2 aromatic rings. The van der Waals surface area contributed by atoms with Crippen LogP contribution in [0.3, 0.4) is 0 Å². The molecule has 6 nitrogen and oxygen atoms in total. The van der Waals surface area contributed by atoms with E-state index < -0.39 is 6.04 Å². The van der Waals surface area contributed by atoms with Crippen LogP contribution in [0.5, 0.6) is 11.5 Å². The molecule has 2 aromatic carbocycles. The molecule has 1 heterocycles. The Kier molecular flexibility index (Phi) is 6.36. The molecule has 1 saturated heterocycles. The molecular weight excluding hydrogens is 424 g/mol. The van der Waals surface area contributed by atoms with Gasteiger partial charge in [0.1, 0.15) is 0 Å². The average molecular weight is 447 g/mol. The van der Waals surface area contributed by atoms with E-state index in [0.29, 0.717) is 23.7 Å². The highest BCUT2D eigenvalue weighted by molar-refractivity contribution is 9.10. The summed E-state index contributed by atoms with van der Waals surface area (Å²) in [5.74, 6) is 1.01. The molecule has 1 aliphatic rings. The van der Waals surface area contributed by atoms with Crippen LogP contribution in [0.25, 0.3) is 0 Å². The molecule has 1 fully saturated rings. The number of rotatable bonds is 7. The lowest BCUT2D eigenvalue weighted by Gasteiger charge is -2.23. The quantitative estimate of drug-likeness (QED) is 0.610. The fourth-order valence-corrected chi connectivity index (χ4v) is 3.58. The van der Waals surface area contributed by atoms with Crippen LogP contribution in [-0.2, 0) is 16.0 Å². The zero-order chi connectivity index (χ0) is 20.3. The van der Waals surface area contributed by atoms with Gasteiger partial charge in [0, 0.05) is 11.0 Å². The number of carbonyl (C=O) groups excluding carboxylic acids is 2. The Hall–Kier alpha value is -2.38. The summed E-state index contributed by atoms with van der Waals surface area (Å²) in [4.78, 5) is 28.5. The van der Waals surface area contributed by atoms with Crippen molar-refractivity contribution >= 4 is 33.4 Å². The third kappa shape index (κ3) is 4.20. The molecular formula is C21H23BrN2O4. The van der Waals surface area contributed by atoms with Crippen molar-refractivity contribution in [2.45, 2.75) is 18.9 Å². The van der Waals surface area contributed by atoms with Gasteiger partial charge in [0.25, 0.3) is 5.91 Å². The lowest BCUT2D eigenvalue weighted by atomic mass is 10.1. The molecule has 0 spiro atoms. The van der Waals surface area contributed by atoms with Crippen LogP contribution < -0.4 is 14.4 Å². The number of benzene rings is 2. The number of ether oxygens (including phenoxy) is 2. The number of amides is 2. The van der Waals surface area contributed by atoms with Gasteiger partial charge in [0.15, 0.2) is 11.5 Å². The average Bonchev–Trinajstić information content (AvgIpc) is 3.00. The monoisotopic (exact) mass is 446 g/mol. The van der Waals surface area contributed by atoms with Gasteiger partial charge in [-0.15, -0.1) is 0 Å². The van der Waals surface area contributed by atoms with Crippen molar-refractivity contribution in [2.24, 2.45) is 0 Å². The molecule has 28 heavy (non-hydrogen) atoms. The smallest absolute Gasteiger partial charge is 0.251 e. The second-order valence-corrected chi connectivity index (χ2v) is 7.60. The third-order valence-electron chi connectivity index (χ3n) is 4.94. The van der Waals surface area contributed by atoms with E-state index in [9.17, 15) is 9.59 Å². The highest BCUT2D eigenvalue weighted by Gasteiger charge is 2.41. The van der Waals surface area contributed by atoms with E-state index in [1.807, 2.05) is 42.3 Å². The van der Waals surface area contributed by atoms with Crippen molar-refractivity contribution in [2.75, 3.05) is 32.7 Å². The molecule has 0 aromatic heterocycles. The van der Waals surface area contributed by atoms with Crippen LogP contribution in [-0.4, -0.2) is 50.6 Å². The maximum Gasteiger partial charge on any atom is 0.251 e. The van der Waals surface area contributed by atoms with Crippen LogP contribution in [0.4, 0.5) is 5.69 Å². The Morgan fingerprint density at radius 3 is 2.39 bits per heavy atom. The molecule has 3 rings (SSSR count). The van der Waals surface area contributed by atoms with Gasteiger partial charge in [-0.1, -0.05) is 22.0 Å². The summed E-state index contributed by atoms with van der Waals surface area (Å²) in [6.45, 7) is 0.646. The van der Waals surface area contributed by atoms with Gasteiger partial charge in [-0.3, -0.25) is 14.5 Å². The van der Waals surface area contributed by atoms with Crippen molar-refractivity contribution in [1.82, 2.24) is 4.90 Å². The van der Waals surface area contributed by atoms with Crippen molar-refractivity contribution in [3.63, 3.8) is 0 Å². The van der Waals surface area contributed by atoms with Crippen molar-refractivity contribution in [3.8, 4) is 11.5 Å². The second-order valence-electron chi connectivity index (χ2n) is 6.68. The number of halogens is 1. The van der Waals surface area contributed by atoms with Gasteiger partial charge in [0.05, 0.1) is 32.4 Å². The Morgan fingerprint density at radius 2 is 1.75 bits per heavy atom. The van der Waals surface area contributed by atoms with E-state index in [1.54, 1.807) is 26.4 Å².